The number of thiocarbonyl (C=S) groups is 1. The maximum Gasteiger partial charge on any atom is 0.276 e. The molecular weight excluding hydrogens is 370 g/mol. The Hall–Kier alpha value is -3.20. The summed E-state index contributed by atoms with van der Waals surface area (Å²) in [5.41, 5.74) is 5.78. The number of anilines is 1. The molecule has 0 spiro atoms. The van der Waals surface area contributed by atoms with E-state index in [9.17, 15) is 4.79 Å². The Morgan fingerprint density at radius 2 is 1.74 bits per heavy atom. The van der Waals surface area contributed by atoms with Crippen LogP contribution in [0.1, 0.15) is 0 Å². The first-order valence-corrected chi connectivity index (χ1v) is 8.57. The van der Waals surface area contributed by atoms with Crippen LogP contribution >= 0.6 is 12.2 Å². The molecule has 0 saturated carbocycles. The molecule has 9 heteroatoms. The van der Waals surface area contributed by atoms with Gasteiger partial charge >= 0.3 is 0 Å². The van der Waals surface area contributed by atoms with Gasteiger partial charge in [0.05, 0.1) is 7.11 Å². The van der Waals surface area contributed by atoms with Gasteiger partial charge in [0.1, 0.15) is 24.7 Å². The Balaban J connectivity index is 1.41. The highest BCUT2D eigenvalue weighted by Crippen LogP contribution is 2.32. The quantitative estimate of drug-likeness (QED) is 0.527. The molecule has 0 saturated heterocycles. The van der Waals surface area contributed by atoms with E-state index in [-0.39, 0.29) is 17.6 Å². The Bertz CT molecular complexity index is 813. The zero-order valence-electron chi connectivity index (χ0n) is 14.6. The third-order valence-electron chi connectivity index (χ3n) is 3.54. The summed E-state index contributed by atoms with van der Waals surface area (Å²) in [4.78, 5) is 11.8. The van der Waals surface area contributed by atoms with E-state index in [1.807, 2.05) is 0 Å². The van der Waals surface area contributed by atoms with E-state index in [1.165, 1.54) is 0 Å². The van der Waals surface area contributed by atoms with Crippen LogP contribution in [0.4, 0.5) is 5.69 Å². The molecule has 0 fully saturated rings. The molecule has 0 aliphatic carbocycles. The predicted octanol–water partition coefficient (Wildman–Crippen LogP) is 1.86. The lowest BCUT2D eigenvalue weighted by Gasteiger charge is -2.19. The smallest absolute Gasteiger partial charge is 0.276 e. The maximum atomic E-state index is 11.8. The molecule has 1 aliphatic rings. The van der Waals surface area contributed by atoms with E-state index in [0.29, 0.717) is 41.9 Å². The first-order chi connectivity index (χ1) is 13.1. The van der Waals surface area contributed by atoms with Crippen molar-refractivity contribution in [2.24, 2.45) is 0 Å². The molecule has 0 aromatic heterocycles. The highest BCUT2D eigenvalue weighted by Gasteiger charge is 2.12. The number of carbonyl (C=O) groups excluding carboxylic acids is 1. The monoisotopic (exact) mass is 389 g/mol. The van der Waals surface area contributed by atoms with Gasteiger partial charge in [-0.05, 0) is 48.6 Å². The number of hydrazine groups is 1. The minimum absolute atomic E-state index is 0.161. The number of fused-ring (bicyclic) bond motifs is 1. The molecule has 0 atom stereocenters. The van der Waals surface area contributed by atoms with E-state index in [1.54, 1.807) is 49.6 Å². The fraction of sp³-hybridized carbons (Fsp3) is 0.222. The zero-order chi connectivity index (χ0) is 19.1. The second-order valence-corrected chi connectivity index (χ2v) is 5.86. The fourth-order valence-corrected chi connectivity index (χ4v) is 2.44. The summed E-state index contributed by atoms with van der Waals surface area (Å²) in [6.07, 6.45) is 0. The van der Waals surface area contributed by atoms with Crippen molar-refractivity contribution in [3.8, 4) is 23.0 Å². The number of amides is 1. The van der Waals surface area contributed by atoms with Crippen molar-refractivity contribution in [3.05, 3.63) is 42.5 Å². The Morgan fingerprint density at radius 3 is 2.48 bits per heavy atom. The lowest BCUT2D eigenvalue weighted by atomic mass is 10.2. The van der Waals surface area contributed by atoms with Crippen LogP contribution in [0.5, 0.6) is 23.0 Å². The molecule has 27 heavy (non-hydrogen) atoms. The fourth-order valence-electron chi connectivity index (χ4n) is 2.27. The second kappa shape index (κ2) is 8.95. The van der Waals surface area contributed by atoms with Gasteiger partial charge in [-0.1, -0.05) is 0 Å². The van der Waals surface area contributed by atoms with E-state index >= 15 is 0 Å². The van der Waals surface area contributed by atoms with Crippen molar-refractivity contribution < 1.29 is 23.7 Å². The van der Waals surface area contributed by atoms with Gasteiger partial charge in [0.2, 0.25) is 0 Å². The SMILES string of the molecule is COc1ccc(OCC(=O)NNC(=S)Nc2ccc3c(c2)OCCO3)cc1. The summed E-state index contributed by atoms with van der Waals surface area (Å²) in [5, 5.41) is 3.18. The summed E-state index contributed by atoms with van der Waals surface area (Å²) in [7, 11) is 1.58. The Morgan fingerprint density at radius 1 is 1.04 bits per heavy atom. The van der Waals surface area contributed by atoms with Crippen LogP contribution in [0.3, 0.4) is 0 Å². The van der Waals surface area contributed by atoms with Crippen molar-refractivity contribution in [3.63, 3.8) is 0 Å². The van der Waals surface area contributed by atoms with Crippen LogP contribution < -0.4 is 35.1 Å². The number of hydrogen-bond acceptors (Lipinski definition) is 6. The maximum absolute atomic E-state index is 11.8. The standard InChI is InChI=1S/C18H19N3O5S/c1-23-13-3-5-14(6-4-13)26-11-17(22)20-21-18(27)19-12-2-7-15-16(10-12)25-9-8-24-15/h2-7,10H,8-9,11H2,1H3,(H,20,22)(H2,19,21,27). The molecule has 2 aromatic carbocycles. The minimum atomic E-state index is -0.378. The molecule has 1 aliphatic heterocycles. The van der Waals surface area contributed by atoms with Gasteiger partial charge in [0.25, 0.3) is 5.91 Å². The molecule has 0 radical (unpaired) electrons. The summed E-state index contributed by atoms with van der Waals surface area (Å²) in [6.45, 7) is 0.875. The molecule has 0 bridgehead atoms. The number of nitrogens with one attached hydrogen (secondary N) is 3. The van der Waals surface area contributed by atoms with E-state index in [4.69, 9.17) is 31.2 Å². The summed E-state index contributed by atoms with van der Waals surface area (Å²) in [6, 6.07) is 12.3. The topological polar surface area (TPSA) is 90.1 Å². The van der Waals surface area contributed by atoms with Crippen molar-refractivity contribution in [2.75, 3.05) is 32.2 Å². The van der Waals surface area contributed by atoms with Crippen LogP contribution in [-0.4, -0.2) is 38.0 Å². The van der Waals surface area contributed by atoms with Gasteiger partial charge in [-0.2, -0.15) is 0 Å². The zero-order valence-corrected chi connectivity index (χ0v) is 15.4. The molecule has 3 rings (SSSR count). The lowest BCUT2D eigenvalue weighted by molar-refractivity contribution is -0.123. The number of benzene rings is 2. The number of hydrogen-bond donors (Lipinski definition) is 3. The average Bonchev–Trinajstić information content (AvgIpc) is 2.71. The number of carbonyl (C=O) groups is 1. The third kappa shape index (κ3) is 5.38. The average molecular weight is 389 g/mol. The number of ether oxygens (including phenoxy) is 4. The number of rotatable bonds is 5. The molecule has 142 valence electrons. The minimum Gasteiger partial charge on any atom is -0.497 e. The first-order valence-electron chi connectivity index (χ1n) is 8.16. The van der Waals surface area contributed by atoms with Crippen LogP contribution in [0.15, 0.2) is 42.5 Å². The largest absolute Gasteiger partial charge is 0.497 e. The van der Waals surface area contributed by atoms with Crippen molar-refractivity contribution >= 4 is 28.9 Å². The summed E-state index contributed by atoms with van der Waals surface area (Å²) < 4.78 is 21.4. The van der Waals surface area contributed by atoms with Gasteiger partial charge < -0.3 is 24.3 Å². The normalized spacial score (nSPS) is 11.9. The van der Waals surface area contributed by atoms with Crippen LogP contribution in [0.2, 0.25) is 0 Å². The van der Waals surface area contributed by atoms with Crippen LogP contribution in [-0.2, 0) is 4.79 Å². The van der Waals surface area contributed by atoms with E-state index in [2.05, 4.69) is 16.2 Å². The van der Waals surface area contributed by atoms with Crippen molar-refractivity contribution in [2.45, 2.75) is 0 Å². The highest BCUT2D eigenvalue weighted by molar-refractivity contribution is 7.80. The predicted molar refractivity (Wildman–Crippen MR) is 103 cm³/mol. The van der Waals surface area contributed by atoms with Gasteiger partial charge in [-0.25, -0.2) is 0 Å². The number of methoxy groups -OCH3 is 1. The summed E-state index contributed by atoms with van der Waals surface area (Å²) in [5.74, 6) is 2.23. The first kappa shape index (κ1) is 18.6. The van der Waals surface area contributed by atoms with E-state index < -0.39 is 0 Å². The van der Waals surface area contributed by atoms with Gasteiger partial charge in [-0.3, -0.25) is 15.6 Å². The Kier molecular flexibility index (Phi) is 6.16. The molecule has 8 nitrogen and oxygen atoms in total. The lowest BCUT2D eigenvalue weighted by Crippen LogP contribution is -2.45. The van der Waals surface area contributed by atoms with Crippen LogP contribution in [0, 0.1) is 0 Å². The molecule has 1 amide bonds. The second-order valence-electron chi connectivity index (χ2n) is 5.45. The molecule has 1 heterocycles. The van der Waals surface area contributed by atoms with Gasteiger partial charge in [0.15, 0.2) is 23.2 Å². The highest BCUT2D eigenvalue weighted by atomic mass is 32.1. The molecule has 2 aromatic rings. The van der Waals surface area contributed by atoms with Crippen molar-refractivity contribution in [1.82, 2.24) is 10.9 Å². The Labute approximate surface area is 161 Å². The molecule has 0 unspecified atom stereocenters. The van der Waals surface area contributed by atoms with Crippen LogP contribution in [0.25, 0.3) is 0 Å². The van der Waals surface area contributed by atoms with Crippen molar-refractivity contribution in [1.29, 1.82) is 0 Å². The van der Waals surface area contributed by atoms with Gasteiger partial charge in [0, 0.05) is 11.8 Å². The van der Waals surface area contributed by atoms with Gasteiger partial charge in [-0.15, -0.1) is 0 Å². The molecule has 3 N–H and O–H groups in total. The van der Waals surface area contributed by atoms with E-state index in [0.717, 1.165) is 0 Å². The summed E-state index contributed by atoms with van der Waals surface area (Å²) >= 11 is 5.15. The molecular formula is C18H19N3O5S. The third-order valence-corrected chi connectivity index (χ3v) is 3.75.